The van der Waals surface area contributed by atoms with Crippen LogP contribution in [0, 0.1) is 0 Å². The largest absolute Gasteiger partial charge is 0.396 e. The maximum atomic E-state index is 12.7. The van der Waals surface area contributed by atoms with Crippen molar-refractivity contribution in [2.24, 2.45) is 0 Å². The Bertz CT molecular complexity index is 468. The smallest absolute Gasteiger partial charge is 0.230 e. The van der Waals surface area contributed by atoms with E-state index in [0.717, 1.165) is 19.3 Å². The van der Waals surface area contributed by atoms with Crippen LogP contribution in [0.1, 0.15) is 42.7 Å². The Balaban J connectivity index is 1.71. The first kappa shape index (κ1) is 12.7. The molecule has 1 unspecified atom stereocenters. The second-order valence-electron chi connectivity index (χ2n) is 5.65. The molecule has 1 amide bonds. The van der Waals surface area contributed by atoms with Crippen LogP contribution in [0.15, 0.2) is 24.3 Å². The molecule has 102 valence electrons. The molecule has 1 aromatic rings. The fourth-order valence-electron chi connectivity index (χ4n) is 3.09. The molecule has 2 aliphatic rings. The van der Waals surface area contributed by atoms with Gasteiger partial charge in [0.05, 0.1) is 5.92 Å². The van der Waals surface area contributed by atoms with Crippen molar-refractivity contribution in [1.29, 1.82) is 0 Å². The summed E-state index contributed by atoms with van der Waals surface area (Å²) in [6, 6.07) is 8.66. The molecule has 0 bridgehead atoms. The highest BCUT2D eigenvalue weighted by atomic mass is 16.3. The lowest BCUT2D eigenvalue weighted by Gasteiger charge is -2.41. The number of carbonyl (C=O) groups is 1. The van der Waals surface area contributed by atoms with Crippen LogP contribution in [0.5, 0.6) is 0 Å². The quantitative estimate of drug-likeness (QED) is 0.879. The van der Waals surface area contributed by atoms with E-state index in [2.05, 4.69) is 12.1 Å². The van der Waals surface area contributed by atoms with Gasteiger partial charge in [0.15, 0.2) is 0 Å². The molecule has 1 fully saturated rings. The molecule has 0 aromatic heterocycles. The van der Waals surface area contributed by atoms with Crippen LogP contribution in [0.3, 0.4) is 0 Å². The van der Waals surface area contributed by atoms with Gasteiger partial charge in [-0.25, -0.2) is 0 Å². The van der Waals surface area contributed by atoms with E-state index in [-0.39, 0.29) is 18.4 Å². The molecule has 1 N–H and O–H groups in total. The molecule has 3 nitrogen and oxygen atoms in total. The number of amides is 1. The Kier molecular flexibility index (Phi) is 3.56. The summed E-state index contributed by atoms with van der Waals surface area (Å²) in [4.78, 5) is 14.7. The van der Waals surface area contributed by atoms with Gasteiger partial charge >= 0.3 is 0 Å². The summed E-state index contributed by atoms with van der Waals surface area (Å²) in [6.07, 6.45) is 5.07. The van der Waals surface area contributed by atoms with Gasteiger partial charge in [0.2, 0.25) is 5.91 Å². The third-order valence-electron chi connectivity index (χ3n) is 4.51. The summed E-state index contributed by atoms with van der Waals surface area (Å²) >= 11 is 0. The van der Waals surface area contributed by atoms with Crippen molar-refractivity contribution in [3.05, 3.63) is 35.4 Å². The maximum Gasteiger partial charge on any atom is 0.230 e. The molecule has 19 heavy (non-hydrogen) atoms. The van der Waals surface area contributed by atoms with Crippen LogP contribution in [0.4, 0.5) is 0 Å². The second kappa shape index (κ2) is 5.33. The predicted molar refractivity (Wildman–Crippen MR) is 73.9 cm³/mol. The summed E-state index contributed by atoms with van der Waals surface area (Å²) in [5.41, 5.74) is 2.53. The molecule has 3 heteroatoms. The number of rotatable bonds is 5. The van der Waals surface area contributed by atoms with Crippen molar-refractivity contribution in [3.63, 3.8) is 0 Å². The van der Waals surface area contributed by atoms with E-state index in [1.807, 2.05) is 17.0 Å². The molecule has 0 saturated heterocycles. The minimum absolute atomic E-state index is 0.0653. The lowest BCUT2D eigenvalue weighted by molar-refractivity contribution is -0.137. The third kappa shape index (κ3) is 2.27. The Morgan fingerprint density at radius 2 is 2.11 bits per heavy atom. The van der Waals surface area contributed by atoms with E-state index in [1.54, 1.807) is 0 Å². The lowest BCUT2D eigenvalue weighted by Crippen LogP contribution is -2.48. The van der Waals surface area contributed by atoms with Crippen LogP contribution in [-0.2, 0) is 11.2 Å². The molecule has 3 rings (SSSR count). The summed E-state index contributed by atoms with van der Waals surface area (Å²) in [5.74, 6) is 0.340. The Labute approximate surface area is 114 Å². The van der Waals surface area contributed by atoms with Gasteiger partial charge in [0.25, 0.3) is 0 Å². The number of nitrogens with zero attached hydrogens (tertiary/aromatic N) is 1. The van der Waals surface area contributed by atoms with Gasteiger partial charge in [-0.1, -0.05) is 24.3 Å². The second-order valence-corrected chi connectivity index (χ2v) is 5.65. The van der Waals surface area contributed by atoms with Crippen molar-refractivity contribution >= 4 is 5.91 Å². The zero-order valence-corrected chi connectivity index (χ0v) is 11.2. The minimum atomic E-state index is 0.0653. The normalized spacial score (nSPS) is 21.2. The SMILES string of the molecule is O=C(C1Cc2ccccc21)N(CCCO)C1CCC1. The van der Waals surface area contributed by atoms with Gasteiger partial charge in [0, 0.05) is 19.2 Å². The fraction of sp³-hybridized carbons (Fsp3) is 0.562. The molecule has 0 radical (unpaired) electrons. The summed E-state index contributed by atoms with van der Waals surface area (Å²) in [5, 5.41) is 9.00. The number of aliphatic hydroxyl groups excluding tert-OH is 1. The maximum absolute atomic E-state index is 12.7. The van der Waals surface area contributed by atoms with Crippen molar-refractivity contribution in [2.45, 2.75) is 44.1 Å². The van der Waals surface area contributed by atoms with Gasteiger partial charge in [-0.2, -0.15) is 0 Å². The average molecular weight is 259 g/mol. The first-order chi connectivity index (χ1) is 9.31. The van der Waals surface area contributed by atoms with E-state index in [9.17, 15) is 4.79 Å². The topological polar surface area (TPSA) is 40.5 Å². The molecule has 1 aromatic carbocycles. The number of carbonyl (C=O) groups excluding carboxylic acids is 1. The van der Waals surface area contributed by atoms with Crippen molar-refractivity contribution in [2.75, 3.05) is 13.2 Å². The molecule has 1 saturated carbocycles. The zero-order chi connectivity index (χ0) is 13.2. The molecular weight excluding hydrogens is 238 g/mol. The van der Waals surface area contributed by atoms with Crippen LogP contribution in [0.2, 0.25) is 0 Å². The van der Waals surface area contributed by atoms with Gasteiger partial charge in [-0.3, -0.25) is 4.79 Å². The highest BCUT2D eigenvalue weighted by Gasteiger charge is 2.38. The lowest BCUT2D eigenvalue weighted by atomic mass is 9.76. The third-order valence-corrected chi connectivity index (χ3v) is 4.51. The molecule has 0 spiro atoms. The van der Waals surface area contributed by atoms with Crippen molar-refractivity contribution < 1.29 is 9.90 Å². The first-order valence-corrected chi connectivity index (χ1v) is 7.30. The monoisotopic (exact) mass is 259 g/mol. The van der Waals surface area contributed by atoms with Gasteiger partial charge in [-0.05, 0) is 43.2 Å². The van der Waals surface area contributed by atoms with Crippen LogP contribution >= 0.6 is 0 Å². The highest BCUT2D eigenvalue weighted by molar-refractivity contribution is 5.87. The molecule has 1 atom stereocenters. The van der Waals surface area contributed by atoms with Crippen molar-refractivity contribution in [1.82, 2.24) is 4.90 Å². The predicted octanol–water partition coefficient (Wildman–Crippen LogP) is 2.09. The van der Waals surface area contributed by atoms with Gasteiger partial charge in [-0.15, -0.1) is 0 Å². The highest BCUT2D eigenvalue weighted by Crippen LogP contribution is 2.38. The van der Waals surface area contributed by atoms with E-state index < -0.39 is 0 Å². The minimum Gasteiger partial charge on any atom is -0.396 e. The first-order valence-electron chi connectivity index (χ1n) is 7.30. The summed E-state index contributed by atoms with van der Waals surface area (Å²) in [6.45, 7) is 0.871. The van der Waals surface area contributed by atoms with E-state index in [0.29, 0.717) is 19.0 Å². The standard InChI is InChI=1S/C16H21NO2/c18-10-4-9-17(13-6-3-7-13)16(19)15-11-12-5-1-2-8-14(12)15/h1-2,5,8,13,15,18H,3-4,6-7,9-11H2. The number of hydrogen-bond acceptors (Lipinski definition) is 2. The number of benzene rings is 1. The molecule has 0 aliphatic heterocycles. The Morgan fingerprint density at radius 1 is 1.32 bits per heavy atom. The number of hydrogen-bond donors (Lipinski definition) is 1. The molecule has 2 aliphatic carbocycles. The molecule has 0 heterocycles. The van der Waals surface area contributed by atoms with Crippen LogP contribution in [0.25, 0.3) is 0 Å². The zero-order valence-electron chi connectivity index (χ0n) is 11.2. The summed E-state index contributed by atoms with van der Waals surface area (Å²) in [7, 11) is 0. The fourth-order valence-corrected chi connectivity index (χ4v) is 3.09. The van der Waals surface area contributed by atoms with E-state index >= 15 is 0 Å². The van der Waals surface area contributed by atoms with E-state index in [1.165, 1.54) is 17.5 Å². The Hall–Kier alpha value is -1.35. The van der Waals surface area contributed by atoms with Crippen LogP contribution < -0.4 is 0 Å². The van der Waals surface area contributed by atoms with Crippen LogP contribution in [-0.4, -0.2) is 35.1 Å². The summed E-state index contributed by atoms with van der Waals surface area (Å²) < 4.78 is 0. The van der Waals surface area contributed by atoms with Crippen molar-refractivity contribution in [3.8, 4) is 0 Å². The van der Waals surface area contributed by atoms with E-state index in [4.69, 9.17) is 5.11 Å². The molecular formula is C16H21NO2. The number of aliphatic hydroxyl groups is 1. The number of fused-ring (bicyclic) bond motifs is 1. The Morgan fingerprint density at radius 3 is 2.74 bits per heavy atom. The van der Waals surface area contributed by atoms with Gasteiger partial charge < -0.3 is 10.0 Å². The average Bonchev–Trinajstić information content (AvgIpc) is 2.33. The van der Waals surface area contributed by atoms with Gasteiger partial charge in [0.1, 0.15) is 0 Å².